The van der Waals surface area contributed by atoms with E-state index in [1.807, 2.05) is 0 Å². The number of hydrogen-bond donors (Lipinski definition) is 12. The van der Waals surface area contributed by atoms with Crippen LogP contribution in [-0.2, 0) is 40.5 Å². The standard InChI is InChI=1S/C48H48N12O16S4/c61-23-19-59(20-24-62)47-55-43(53-45(57-47)51-37-15-17-39(77(65,66)67)35-7-3-1-5-33(35)37)49-31-13-11-29(41(27-31)79(71,72)73)9-10-30-12-14-32(28-42(30)80(74,75)76)50-44-54-46(58-48(56-44)60(21-25-63)22-26-64)52-38-16-18-40(78(68,69)70)36-8-4-2-6-34(36)38/h1-18,27-28,61-64H,19-26H2,(H,65,66,67)(H,68,69,70)(H,71,72,73)(H,74,75,76)(H2,49,51,53,55,57)(H2,50,52,54,56,58)/b10-9+. The maximum Gasteiger partial charge on any atom is 0.295 e. The Hall–Kier alpha value is -8.12. The van der Waals surface area contributed by atoms with Crippen LogP contribution in [0.4, 0.5) is 58.4 Å². The molecule has 0 saturated heterocycles. The summed E-state index contributed by atoms with van der Waals surface area (Å²) >= 11 is 0. The van der Waals surface area contributed by atoms with Crippen LogP contribution < -0.4 is 31.1 Å². The fourth-order valence-corrected chi connectivity index (χ4v) is 11.0. The zero-order valence-corrected chi connectivity index (χ0v) is 44.5. The summed E-state index contributed by atoms with van der Waals surface area (Å²) in [6.45, 7) is -1.78. The van der Waals surface area contributed by atoms with Gasteiger partial charge in [0.2, 0.25) is 35.7 Å². The van der Waals surface area contributed by atoms with Crippen LogP contribution in [0, 0.1) is 0 Å². The highest BCUT2D eigenvalue weighted by Gasteiger charge is 2.23. The third-order valence-electron chi connectivity index (χ3n) is 11.6. The van der Waals surface area contributed by atoms with Gasteiger partial charge in [-0.15, -0.1) is 0 Å². The molecule has 12 N–H and O–H groups in total. The van der Waals surface area contributed by atoms with E-state index in [4.69, 9.17) is 0 Å². The quantitative estimate of drug-likeness (QED) is 0.0299. The lowest BCUT2D eigenvalue weighted by molar-refractivity contribution is 0.279. The molecule has 0 aliphatic rings. The predicted molar refractivity (Wildman–Crippen MR) is 295 cm³/mol. The lowest BCUT2D eigenvalue weighted by atomic mass is 10.1. The number of fused-ring (bicyclic) bond motifs is 2. The summed E-state index contributed by atoms with van der Waals surface area (Å²) in [5, 5.41) is 51.8. The van der Waals surface area contributed by atoms with E-state index >= 15 is 0 Å². The molecule has 6 aromatic carbocycles. The Morgan fingerprint density at radius 1 is 0.375 bits per heavy atom. The number of hydrogen-bond acceptors (Lipinski definition) is 24. The number of benzene rings is 6. The van der Waals surface area contributed by atoms with E-state index in [-0.39, 0.29) is 143 Å². The average Bonchev–Trinajstić information content (AvgIpc) is 3.44. The van der Waals surface area contributed by atoms with Crippen LogP contribution in [0.15, 0.2) is 129 Å². The van der Waals surface area contributed by atoms with Gasteiger partial charge in [-0.25, -0.2) is 0 Å². The van der Waals surface area contributed by atoms with Gasteiger partial charge in [-0.1, -0.05) is 72.8 Å². The molecule has 0 saturated carbocycles. The first kappa shape index (κ1) is 58.0. The first-order chi connectivity index (χ1) is 38.0. The highest BCUT2D eigenvalue weighted by atomic mass is 32.2. The van der Waals surface area contributed by atoms with Gasteiger partial charge in [0.1, 0.15) is 19.6 Å². The number of aliphatic hydroxyl groups excluding tert-OH is 4. The molecule has 0 amide bonds. The van der Waals surface area contributed by atoms with Crippen molar-refractivity contribution in [2.24, 2.45) is 0 Å². The van der Waals surface area contributed by atoms with Gasteiger partial charge in [0.05, 0.1) is 26.4 Å². The maximum atomic E-state index is 12.9. The van der Waals surface area contributed by atoms with Crippen molar-refractivity contribution < 1.29 is 72.3 Å². The van der Waals surface area contributed by atoms with Gasteiger partial charge in [0.25, 0.3) is 40.5 Å². The van der Waals surface area contributed by atoms with Crippen molar-refractivity contribution in [1.29, 1.82) is 0 Å². The van der Waals surface area contributed by atoms with E-state index in [0.717, 1.165) is 24.3 Å². The number of nitrogens with one attached hydrogen (secondary N) is 4. The van der Waals surface area contributed by atoms with Crippen molar-refractivity contribution in [3.8, 4) is 0 Å². The summed E-state index contributed by atoms with van der Waals surface area (Å²) in [5.41, 5.74) is 0.163. The molecular formula is C48H48N12O16S4. The van der Waals surface area contributed by atoms with Gasteiger partial charge in [0.15, 0.2) is 0 Å². The van der Waals surface area contributed by atoms with Crippen molar-refractivity contribution >= 4 is 133 Å². The molecule has 2 aromatic heterocycles. The summed E-state index contributed by atoms with van der Waals surface area (Å²) in [4.78, 5) is 27.1. The second-order valence-electron chi connectivity index (χ2n) is 17.0. The molecule has 0 unspecified atom stereocenters. The Bertz CT molecular complexity index is 3870. The molecule has 0 atom stereocenters. The molecule has 0 fully saturated rings. The molecule has 0 bridgehead atoms. The lowest BCUT2D eigenvalue weighted by Crippen LogP contribution is -2.31. The first-order valence-corrected chi connectivity index (χ1v) is 29.2. The zero-order chi connectivity index (χ0) is 57.6. The molecule has 8 aromatic rings. The molecule has 28 nitrogen and oxygen atoms in total. The minimum Gasteiger partial charge on any atom is -0.395 e. The van der Waals surface area contributed by atoms with Gasteiger partial charge >= 0.3 is 0 Å². The Morgan fingerprint density at radius 2 is 0.688 bits per heavy atom. The monoisotopic (exact) mass is 1180 g/mol. The average molecular weight is 1180 g/mol. The minimum absolute atomic E-state index is 0.0233. The molecule has 8 rings (SSSR count). The topological polar surface area (TPSA) is 430 Å². The van der Waals surface area contributed by atoms with Crippen LogP contribution in [0.1, 0.15) is 11.1 Å². The van der Waals surface area contributed by atoms with Gasteiger partial charge < -0.3 is 51.5 Å². The summed E-state index contributed by atoms with van der Waals surface area (Å²) < 4.78 is 141. The Balaban J connectivity index is 1.11. The molecule has 0 radical (unpaired) electrons. The Kier molecular flexibility index (Phi) is 17.5. The van der Waals surface area contributed by atoms with Gasteiger partial charge in [-0.2, -0.15) is 63.6 Å². The van der Waals surface area contributed by atoms with Crippen molar-refractivity contribution in [3.63, 3.8) is 0 Å². The first-order valence-electron chi connectivity index (χ1n) is 23.4. The summed E-state index contributed by atoms with van der Waals surface area (Å²) in [6.07, 6.45) is 2.29. The van der Waals surface area contributed by atoms with E-state index in [9.17, 15) is 72.3 Å². The van der Waals surface area contributed by atoms with Crippen molar-refractivity contribution in [2.45, 2.75) is 19.6 Å². The van der Waals surface area contributed by atoms with E-state index in [1.165, 1.54) is 70.5 Å². The van der Waals surface area contributed by atoms with E-state index in [0.29, 0.717) is 10.8 Å². The second-order valence-corrected chi connectivity index (χ2v) is 22.5. The number of aliphatic hydroxyl groups is 4. The third-order valence-corrected chi connectivity index (χ3v) is 15.3. The van der Waals surface area contributed by atoms with Crippen molar-refractivity contribution in [1.82, 2.24) is 29.9 Å². The van der Waals surface area contributed by atoms with Crippen LogP contribution in [0.5, 0.6) is 0 Å². The van der Waals surface area contributed by atoms with Crippen molar-refractivity contribution in [2.75, 3.05) is 83.7 Å². The molecular weight excluding hydrogens is 1130 g/mol. The van der Waals surface area contributed by atoms with E-state index in [2.05, 4.69) is 51.2 Å². The highest BCUT2D eigenvalue weighted by Crippen LogP contribution is 2.34. The maximum absolute atomic E-state index is 12.9. The second kappa shape index (κ2) is 24.1. The van der Waals surface area contributed by atoms with Crippen LogP contribution in [0.2, 0.25) is 0 Å². The summed E-state index contributed by atoms with van der Waals surface area (Å²) in [6, 6.07) is 24.7. The number of nitrogens with zero attached hydrogens (tertiary/aromatic N) is 8. The van der Waals surface area contributed by atoms with Gasteiger partial charge in [-0.3, -0.25) is 18.2 Å². The zero-order valence-electron chi connectivity index (χ0n) is 41.3. The molecule has 80 heavy (non-hydrogen) atoms. The highest BCUT2D eigenvalue weighted by molar-refractivity contribution is 7.86. The third kappa shape index (κ3) is 13.8. The summed E-state index contributed by atoms with van der Waals surface area (Å²) in [5.74, 6) is -0.952. The predicted octanol–water partition coefficient (Wildman–Crippen LogP) is 4.08. The molecule has 0 aliphatic heterocycles. The number of rotatable bonds is 24. The summed E-state index contributed by atoms with van der Waals surface area (Å²) in [7, 11) is -19.4. The van der Waals surface area contributed by atoms with Gasteiger partial charge in [0, 0.05) is 70.5 Å². The van der Waals surface area contributed by atoms with Gasteiger partial charge in [-0.05, 0) is 59.7 Å². The number of anilines is 10. The number of aromatic nitrogens is 6. The molecule has 0 aliphatic carbocycles. The molecule has 32 heteroatoms. The smallest absolute Gasteiger partial charge is 0.295 e. The van der Waals surface area contributed by atoms with E-state index in [1.54, 1.807) is 36.4 Å². The normalized spacial score (nSPS) is 12.2. The Morgan fingerprint density at radius 3 is 1.00 bits per heavy atom. The van der Waals surface area contributed by atoms with Crippen LogP contribution in [0.3, 0.4) is 0 Å². The molecule has 2 heterocycles. The fourth-order valence-electron chi connectivity index (χ4n) is 8.18. The fraction of sp³-hybridized carbons (Fsp3) is 0.167. The van der Waals surface area contributed by atoms with E-state index < -0.39 is 50.3 Å². The molecule has 420 valence electrons. The minimum atomic E-state index is -5.06. The van der Waals surface area contributed by atoms with Crippen LogP contribution in [0.25, 0.3) is 33.7 Å². The van der Waals surface area contributed by atoms with Crippen LogP contribution in [-0.4, -0.2) is 155 Å². The van der Waals surface area contributed by atoms with Crippen molar-refractivity contribution in [3.05, 3.63) is 120 Å². The lowest BCUT2D eigenvalue weighted by Gasteiger charge is -2.22. The Labute approximate surface area is 456 Å². The SMILES string of the molecule is O=S(=O)(O)c1cc(Nc2nc(Nc3ccc(S(=O)(=O)O)c4ccccc34)nc(N(CCO)CCO)n2)ccc1/C=C/c1ccc(Nc2nc(Nc3ccc(S(=O)(=O)O)c4ccccc34)nc(N(CCO)CCO)n2)cc1S(=O)(=O)O. The molecule has 0 spiro atoms. The largest absolute Gasteiger partial charge is 0.395 e. The van der Waals surface area contributed by atoms with Crippen LogP contribution >= 0.6 is 0 Å².